The molecule has 1 atom stereocenters. The maximum atomic E-state index is 5.95. The second-order valence-electron chi connectivity index (χ2n) is 7.05. The molecule has 5 aliphatic rings. The lowest BCUT2D eigenvalue weighted by atomic mass is 9.49. The Labute approximate surface area is 98.5 Å². The van der Waals surface area contributed by atoms with E-state index in [4.69, 9.17) is 5.84 Å². The minimum absolute atomic E-state index is 0.944. The first-order valence-electron chi connectivity index (χ1n) is 7.29. The van der Waals surface area contributed by atoms with E-state index in [9.17, 15) is 0 Å². The molecule has 0 aromatic heterocycles. The highest BCUT2D eigenvalue weighted by molar-refractivity contribution is 5.01. The largest absolute Gasteiger partial charge is 0.269 e. The van der Waals surface area contributed by atoms with Crippen molar-refractivity contribution in [3.05, 3.63) is 0 Å². The summed E-state index contributed by atoms with van der Waals surface area (Å²) in [6.45, 7) is 2.33. The molecule has 16 heavy (non-hydrogen) atoms. The summed E-state index contributed by atoms with van der Waals surface area (Å²) in [4.78, 5) is 0. The van der Waals surface area contributed by atoms with Crippen LogP contribution in [0.15, 0.2) is 0 Å². The molecule has 4 bridgehead atoms. The van der Waals surface area contributed by atoms with Gasteiger partial charge in [-0.25, -0.2) is 5.01 Å². The van der Waals surface area contributed by atoms with E-state index in [0.29, 0.717) is 0 Å². The number of hydrogen-bond acceptors (Lipinski definition) is 2. The molecule has 4 saturated carbocycles. The first kappa shape index (κ1) is 9.90. The van der Waals surface area contributed by atoms with Crippen molar-refractivity contribution >= 4 is 0 Å². The van der Waals surface area contributed by atoms with Gasteiger partial charge in [0.1, 0.15) is 0 Å². The molecule has 4 aliphatic carbocycles. The van der Waals surface area contributed by atoms with Crippen LogP contribution in [-0.4, -0.2) is 18.1 Å². The first-order chi connectivity index (χ1) is 7.79. The molecule has 5 rings (SSSR count). The van der Waals surface area contributed by atoms with Crippen molar-refractivity contribution < 1.29 is 0 Å². The average molecular weight is 220 g/mol. The zero-order valence-electron chi connectivity index (χ0n) is 10.1. The molecule has 90 valence electrons. The van der Waals surface area contributed by atoms with Gasteiger partial charge in [0.25, 0.3) is 0 Å². The molecule has 0 spiro atoms. The smallest absolute Gasteiger partial charge is 0.0160 e. The zero-order chi connectivity index (χ0) is 10.7. The third kappa shape index (κ3) is 1.39. The Morgan fingerprint density at radius 1 is 0.812 bits per heavy atom. The van der Waals surface area contributed by atoms with E-state index >= 15 is 0 Å². The lowest BCUT2D eigenvalue weighted by Crippen LogP contribution is -2.48. The average Bonchev–Trinajstić information content (AvgIpc) is 2.63. The predicted octanol–water partition coefficient (Wildman–Crippen LogP) is 2.25. The fourth-order valence-corrected chi connectivity index (χ4v) is 5.87. The minimum atomic E-state index is 0.944. The highest BCUT2D eigenvalue weighted by atomic mass is 15.4. The molecule has 0 aromatic carbocycles. The molecule has 1 saturated heterocycles. The fourth-order valence-electron chi connectivity index (χ4n) is 5.87. The molecule has 0 aromatic rings. The number of hydrogen-bond donors (Lipinski definition) is 1. The van der Waals surface area contributed by atoms with Gasteiger partial charge in [-0.1, -0.05) is 0 Å². The van der Waals surface area contributed by atoms with Crippen LogP contribution in [0.4, 0.5) is 0 Å². The van der Waals surface area contributed by atoms with Crippen molar-refractivity contribution in [1.82, 2.24) is 5.01 Å². The zero-order valence-corrected chi connectivity index (χ0v) is 10.1. The number of nitrogens with zero attached hydrogens (tertiary/aromatic N) is 1. The summed E-state index contributed by atoms with van der Waals surface area (Å²) in [5.74, 6) is 12.4. The van der Waals surface area contributed by atoms with Gasteiger partial charge in [-0.15, -0.1) is 0 Å². The Balaban J connectivity index is 1.56. The highest BCUT2D eigenvalue weighted by Crippen LogP contribution is 2.59. The second-order valence-corrected chi connectivity index (χ2v) is 7.05. The van der Waals surface area contributed by atoms with Crippen LogP contribution in [0.5, 0.6) is 0 Å². The van der Waals surface area contributed by atoms with Crippen LogP contribution in [-0.2, 0) is 0 Å². The van der Waals surface area contributed by atoms with Crippen molar-refractivity contribution in [3.63, 3.8) is 0 Å². The van der Waals surface area contributed by atoms with Gasteiger partial charge in [0.2, 0.25) is 0 Å². The van der Waals surface area contributed by atoms with Gasteiger partial charge < -0.3 is 0 Å². The van der Waals surface area contributed by atoms with Crippen LogP contribution in [0.1, 0.15) is 38.5 Å². The molecule has 1 unspecified atom stereocenters. The van der Waals surface area contributed by atoms with Gasteiger partial charge in [0.05, 0.1) is 0 Å². The first-order valence-corrected chi connectivity index (χ1v) is 7.29. The summed E-state index contributed by atoms with van der Waals surface area (Å²) >= 11 is 0. The molecule has 1 aliphatic heterocycles. The van der Waals surface area contributed by atoms with Gasteiger partial charge >= 0.3 is 0 Å². The van der Waals surface area contributed by atoms with E-state index in [1.165, 1.54) is 13.0 Å². The second kappa shape index (κ2) is 3.46. The summed E-state index contributed by atoms with van der Waals surface area (Å²) in [6, 6.07) is 0. The van der Waals surface area contributed by atoms with Crippen LogP contribution < -0.4 is 5.84 Å². The summed E-state index contributed by atoms with van der Waals surface area (Å²) in [6.07, 6.45) is 9.23. The van der Waals surface area contributed by atoms with Crippen molar-refractivity contribution in [3.8, 4) is 0 Å². The quantitative estimate of drug-likeness (QED) is 0.687. The summed E-state index contributed by atoms with van der Waals surface area (Å²) < 4.78 is 0. The van der Waals surface area contributed by atoms with Crippen LogP contribution in [0, 0.1) is 35.5 Å². The summed E-state index contributed by atoms with van der Waals surface area (Å²) in [7, 11) is 0. The van der Waals surface area contributed by atoms with Gasteiger partial charge in [-0.3, -0.25) is 5.84 Å². The minimum Gasteiger partial charge on any atom is -0.269 e. The Hall–Kier alpha value is -0.0800. The number of hydrazine groups is 1. The third-order valence-corrected chi connectivity index (χ3v) is 6.10. The monoisotopic (exact) mass is 220 g/mol. The van der Waals surface area contributed by atoms with Crippen molar-refractivity contribution in [2.45, 2.75) is 38.5 Å². The van der Waals surface area contributed by atoms with Crippen molar-refractivity contribution in [2.24, 2.45) is 41.4 Å². The third-order valence-electron chi connectivity index (χ3n) is 6.10. The summed E-state index contributed by atoms with van der Waals surface area (Å²) in [5.41, 5.74) is 0. The fraction of sp³-hybridized carbons (Fsp3) is 1.00. The van der Waals surface area contributed by atoms with Crippen LogP contribution >= 0.6 is 0 Å². The summed E-state index contributed by atoms with van der Waals surface area (Å²) in [5, 5.41) is 2.07. The molecule has 5 fully saturated rings. The van der Waals surface area contributed by atoms with E-state index in [-0.39, 0.29) is 0 Å². The Morgan fingerprint density at radius 2 is 1.44 bits per heavy atom. The van der Waals surface area contributed by atoms with Crippen LogP contribution in [0.2, 0.25) is 0 Å². The van der Waals surface area contributed by atoms with Crippen molar-refractivity contribution in [2.75, 3.05) is 13.1 Å². The Morgan fingerprint density at radius 3 is 1.94 bits per heavy atom. The number of nitrogens with two attached hydrogens (primary N) is 1. The van der Waals surface area contributed by atoms with Gasteiger partial charge in [0, 0.05) is 13.1 Å². The maximum Gasteiger partial charge on any atom is 0.0160 e. The van der Waals surface area contributed by atoms with Crippen LogP contribution in [0.3, 0.4) is 0 Å². The molecule has 2 nitrogen and oxygen atoms in total. The van der Waals surface area contributed by atoms with E-state index in [2.05, 4.69) is 5.01 Å². The molecule has 1 heterocycles. The van der Waals surface area contributed by atoms with E-state index < -0.39 is 0 Å². The SMILES string of the molecule is NN1CCC(C2C3CC4CC(C3)CC2C4)C1. The van der Waals surface area contributed by atoms with Gasteiger partial charge in [-0.05, 0) is 74.0 Å². The number of rotatable bonds is 1. The van der Waals surface area contributed by atoms with Crippen LogP contribution in [0.25, 0.3) is 0 Å². The lowest BCUT2D eigenvalue weighted by molar-refractivity contribution is -0.0596. The highest BCUT2D eigenvalue weighted by Gasteiger charge is 2.50. The van der Waals surface area contributed by atoms with Crippen molar-refractivity contribution in [1.29, 1.82) is 0 Å². The van der Waals surface area contributed by atoms with Gasteiger partial charge in [-0.2, -0.15) is 0 Å². The van der Waals surface area contributed by atoms with E-state index in [1.54, 1.807) is 32.1 Å². The maximum absolute atomic E-state index is 5.95. The topological polar surface area (TPSA) is 29.3 Å². The standard InChI is InChI=1S/C14H24N2/c15-16-2-1-11(8-16)14-12-4-9-3-10(6-12)7-13(14)5-9/h9-14H,1-8,15H2. The molecular formula is C14H24N2. The molecule has 2 heteroatoms. The van der Waals surface area contributed by atoms with E-state index in [1.807, 2.05) is 0 Å². The van der Waals surface area contributed by atoms with Gasteiger partial charge in [0.15, 0.2) is 0 Å². The lowest BCUT2D eigenvalue weighted by Gasteiger charge is -2.56. The molecule has 2 N–H and O–H groups in total. The molecular weight excluding hydrogens is 196 g/mol. The Bertz CT molecular complexity index is 258. The van der Waals surface area contributed by atoms with E-state index in [0.717, 1.165) is 42.1 Å². The Kier molecular flexibility index (Phi) is 2.14. The molecule has 0 amide bonds. The predicted molar refractivity (Wildman–Crippen MR) is 64.4 cm³/mol. The normalized spacial score (nSPS) is 56.1. The molecule has 0 radical (unpaired) electrons.